The molecule has 0 rings (SSSR count). The number of carboxylic acid groups (broad SMARTS) is 1. The Bertz CT molecular complexity index is 43.0. The van der Waals surface area contributed by atoms with Gasteiger partial charge < -0.3 is 6.53 Å². The van der Waals surface area contributed by atoms with Crippen molar-refractivity contribution < 1.29 is 30.2 Å². The third-order valence-electron chi connectivity index (χ3n) is 0. The van der Waals surface area contributed by atoms with E-state index < -0.39 is 5.97 Å². The summed E-state index contributed by atoms with van der Waals surface area (Å²) in [5.41, 5.74) is 0. The quantitative estimate of drug-likeness (QED) is 0.348. The van der Waals surface area contributed by atoms with Crippen LogP contribution in [0.4, 0.5) is 0 Å². The summed E-state index contributed by atoms with van der Waals surface area (Å²) in [5, 5.41) is 7.42. The van der Waals surface area contributed by atoms with Crippen LogP contribution in [0.15, 0.2) is 0 Å². The molecule has 0 amide bonds. The van der Waals surface area contributed by atoms with Crippen molar-refractivity contribution >= 4 is 35.7 Å². The van der Waals surface area contributed by atoms with E-state index in [1.165, 1.54) is 0 Å². The van der Waals surface area contributed by atoms with Crippen molar-refractivity contribution in [1.29, 1.82) is 0 Å². The maximum atomic E-state index is 9.00. The van der Waals surface area contributed by atoms with Crippen molar-refractivity contribution in [2.45, 2.75) is 6.92 Å². The van der Waals surface area contributed by atoms with Crippen molar-refractivity contribution in [3.05, 3.63) is 0 Å². The van der Waals surface area contributed by atoms with Crippen LogP contribution in [0.2, 0.25) is 0 Å². The molecule has 0 aromatic rings. The standard InChI is InChI=1S/C2H4O2.Al.ClH.Li.4H/c1-2(3)4;;;;;;;/h1H3,(H,3,4);;1H;;;;;/q;;;+1;;;;-1. The Kier molecular flexibility index (Phi) is 55.9. The molecule has 40 valence electrons. The van der Waals surface area contributed by atoms with Crippen LogP contribution in [0.5, 0.6) is 0 Å². The van der Waals surface area contributed by atoms with Gasteiger partial charge in [-0.15, -0.1) is 12.4 Å². The Hall–Kier alpha value is 0.890. The van der Waals surface area contributed by atoms with E-state index in [2.05, 4.69) is 0 Å². The van der Waals surface area contributed by atoms with Gasteiger partial charge in [-0.2, -0.15) is 0 Å². The molecule has 0 spiro atoms. The van der Waals surface area contributed by atoms with Crippen LogP contribution >= 0.6 is 12.4 Å². The second-order valence-electron chi connectivity index (χ2n) is 0.519. The van der Waals surface area contributed by atoms with E-state index in [1.807, 2.05) is 0 Å². The van der Waals surface area contributed by atoms with Crippen LogP contribution in [0, 0.1) is 0 Å². The van der Waals surface area contributed by atoms with Gasteiger partial charge in [0.05, 0.1) is 0 Å². The molecule has 0 aliphatic rings. The van der Waals surface area contributed by atoms with Gasteiger partial charge in [-0.25, -0.2) is 0 Å². The van der Waals surface area contributed by atoms with Crippen LogP contribution in [-0.4, -0.2) is 28.4 Å². The van der Waals surface area contributed by atoms with E-state index in [1.54, 1.807) is 0 Å². The second kappa shape index (κ2) is 15.8. The van der Waals surface area contributed by atoms with Gasteiger partial charge in [0.1, 0.15) is 0 Å². The number of aliphatic carboxylic acids is 1. The van der Waals surface area contributed by atoms with E-state index in [9.17, 15) is 0 Å². The Morgan fingerprint density at radius 1 is 1.71 bits per heavy atom. The molecule has 0 aliphatic carbocycles. The van der Waals surface area contributed by atoms with Crippen LogP contribution in [0.25, 0.3) is 0 Å². The first-order chi connectivity index (χ1) is 1.73. The molecule has 7 heavy (non-hydrogen) atoms. The van der Waals surface area contributed by atoms with Crippen molar-refractivity contribution in [1.82, 2.24) is 0 Å². The maximum absolute atomic E-state index is 9.00. The fourth-order valence-corrected chi connectivity index (χ4v) is 0. The number of halogens is 1. The largest absolute Gasteiger partial charge is 1.00 e. The zero-order valence-corrected chi connectivity index (χ0v) is 4.58. The van der Waals surface area contributed by atoms with Crippen molar-refractivity contribution in [2.24, 2.45) is 0 Å². The number of rotatable bonds is 0. The van der Waals surface area contributed by atoms with Gasteiger partial charge in [-0.05, 0) is 0 Å². The summed E-state index contributed by atoms with van der Waals surface area (Å²) in [6.07, 6.45) is 0. The normalized spacial score (nSPS) is 3.57. The van der Waals surface area contributed by atoms with E-state index >= 15 is 0 Å². The molecule has 0 aliphatic heterocycles. The molecule has 0 unspecified atom stereocenters. The minimum absolute atomic E-state index is 0. The maximum Gasteiger partial charge on any atom is 1.00 e. The summed E-state index contributed by atoms with van der Waals surface area (Å²) >= 11 is 0. The Morgan fingerprint density at radius 3 is 1.71 bits per heavy atom. The molecule has 0 radical (unpaired) electrons. The summed E-state index contributed by atoms with van der Waals surface area (Å²) < 4.78 is 0. The topological polar surface area (TPSA) is 37.3 Å². The second-order valence-corrected chi connectivity index (χ2v) is 0.519. The molecule has 2 nitrogen and oxygen atoms in total. The van der Waals surface area contributed by atoms with Gasteiger partial charge in [0.2, 0.25) is 0 Å². The predicted molar refractivity (Wildman–Crippen MR) is 31.6 cm³/mol. The first kappa shape index (κ1) is 24.8. The Morgan fingerprint density at radius 2 is 1.71 bits per heavy atom. The summed E-state index contributed by atoms with van der Waals surface area (Å²) in [6, 6.07) is 0. The summed E-state index contributed by atoms with van der Waals surface area (Å²) in [4.78, 5) is 9.00. The molecule has 1 N–H and O–H groups in total. The van der Waals surface area contributed by atoms with Gasteiger partial charge in [-0.3, -0.25) is 4.79 Å². The minimum Gasteiger partial charge on any atom is -1.00 e. The molecular formula is C2H9AlClLiO2. The van der Waals surface area contributed by atoms with Gasteiger partial charge in [0.15, 0.2) is 17.4 Å². The summed E-state index contributed by atoms with van der Waals surface area (Å²) in [5.74, 6) is -0.833. The molecule has 0 atom stereocenters. The number of hydrogen-bond acceptors (Lipinski definition) is 1. The SMILES string of the molecule is CC(=O)O.Cl.[AlH3].[H-].[Li+]. The third-order valence-corrected chi connectivity index (χ3v) is 0. The molecule has 0 aromatic carbocycles. The molecule has 0 aromatic heterocycles. The fourth-order valence-electron chi connectivity index (χ4n) is 0. The summed E-state index contributed by atoms with van der Waals surface area (Å²) in [7, 11) is 0. The first-order valence-electron chi connectivity index (χ1n) is 0.928. The zero-order valence-electron chi connectivity index (χ0n) is 4.76. The van der Waals surface area contributed by atoms with E-state index in [0.29, 0.717) is 0 Å². The minimum atomic E-state index is -0.833. The number of carboxylic acids is 1. The number of hydrogen-bond donors (Lipinski definition) is 1. The molecule has 5 heteroatoms. The van der Waals surface area contributed by atoms with E-state index in [4.69, 9.17) is 9.90 Å². The molecule has 0 fully saturated rings. The van der Waals surface area contributed by atoms with E-state index in [0.717, 1.165) is 6.92 Å². The van der Waals surface area contributed by atoms with Gasteiger partial charge in [0, 0.05) is 6.92 Å². The van der Waals surface area contributed by atoms with Crippen LogP contribution < -0.4 is 18.9 Å². The van der Waals surface area contributed by atoms with Crippen LogP contribution in [0.3, 0.4) is 0 Å². The molecular weight excluding hydrogens is 125 g/mol. The third kappa shape index (κ3) is 208. The van der Waals surface area contributed by atoms with E-state index in [-0.39, 0.29) is 50.1 Å². The molecule has 0 heterocycles. The number of carbonyl (C=O) groups is 1. The average Bonchev–Trinajstić information content (AvgIpc) is 0.811. The predicted octanol–water partition coefficient (Wildman–Crippen LogP) is -3.55. The Labute approximate surface area is 72.9 Å². The molecule has 0 saturated carbocycles. The van der Waals surface area contributed by atoms with Gasteiger partial charge in [-0.1, -0.05) is 0 Å². The van der Waals surface area contributed by atoms with Crippen molar-refractivity contribution in [3.8, 4) is 0 Å². The van der Waals surface area contributed by atoms with Crippen LogP contribution in [-0.2, 0) is 4.79 Å². The molecule has 0 saturated heterocycles. The smallest absolute Gasteiger partial charge is 1.00 e. The fraction of sp³-hybridized carbons (Fsp3) is 0.500. The van der Waals surface area contributed by atoms with Gasteiger partial charge in [0.25, 0.3) is 5.97 Å². The van der Waals surface area contributed by atoms with Crippen molar-refractivity contribution in [2.75, 3.05) is 0 Å². The van der Waals surface area contributed by atoms with Gasteiger partial charge >= 0.3 is 18.9 Å². The average molecular weight is 134 g/mol. The Balaban J connectivity index is -0.00000000750. The summed E-state index contributed by atoms with van der Waals surface area (Å²) in [6.45, 7) is 1.08. The monoisotopic (exact) mass is 134 g/mol. The first-order valence-corrected chi connectivity index (χ1v) is 0.928. The molecule has 0 bridgehead atoms. The van der Waals surface area contributed by atoms with Crippen molar-refractivity contribution in [3.63, 3.8) is 0 Å². The zero-order chi connectivity index (χ0) is 3.58. The van der Waals surface area contributed by atoms with Crippen LogP contribution in [0.1, 0.15) is 8.35 Å².